The minimum atomic E-state index is 0.167. The van der Waals surface area contributed by atoms with Crippen molar-refractivity contribution in [1.29, 1.82) is 0 Å². The molecular formula is C22H27N. The summed E-state index contributed by atoms with van der Waals surface area (Å²) < 4.78 is 0. The molecule has 1 aliphatic carbocycles. The summed E-state index contributed by atoms with van der Waals surface area (Å²) in [6, 6.07) is 21.9. The molecule has 1 N–H and O–H groups in total. The summed E-state index contributed by atoms with van der Waals surface area (Å²) in [6.07, 6.45) is 5.90. The van der Waals surface area contributed by atoms with Crippen molar-refractivity contribution in [2.24, 2.45) is 5.92 Å². The quantitative estimate of drug-likeness (QED) is 0.772. The lowest BCUT2D eigenvalue weighted by Crippen LogP contribution is -2.35. The molecule has 0 radical (unpaired) electrons. The Kier molecular flexibility index (Phi) is 4.41. The molecule has 1 saturated carbocycles. The van der Waals surface area contributed by atoms with Gasteiger partial charge in [0.25, 0.3) is 0 Å². The van der Waals surface area contributed by atoms with Gasteiger partial charge in [-0.15, -0.1) is 0 Å². The maximum atomic E-state index is 3.53. The Balaban J connectivity index is 1.80. The van der Waals surface area contributed by atoms with E-state index >= 15 is 0 Å². The Morgan fingerprint density at radius 1 is 0.957 bits per heavy atom. The molecule has 1 fully saturated rings. The lowest BCUT2D eigenvalue weighted by atomic mass is 9.85. The molecule has 2 aromatic carbocycles. The molecule has 0 spiro atoms. The van der Waals surface area contributed by atoms with Crippen molar-refractivity contribution in [1.82, 2.24) is 5.32 Å². The molecule has 120 valence electrons. The van der Waals surface area contributed by atoms with Crippen molar-refractivity contribution >= 4 is 0 Å². The second-order valence-electron chi connectivity index (χ2n) is 7.57. The molecule has 23 heavy (non-hydrogen) atoms. The first-order valence-electron chi connectivity index (χ1n) is 8.55. The van der Waals surface area contributed by atoms with Crippen LogP contribution in [0, 0.1) is 5.92 Å². The molecule has 1 nitrogen and oxygen atoms in total. The fourth-order valence-corrected chi connectivity index (χ4v) is 3.42. The Morgan fingerprint density at radius 2 is 1.48 bits per heavy atom. The van der Waals surface area contributed by atoms with E-state index in [9.17, 15) is 0 Å². The van der Waals surface area contributed by atoms with Gasteiger partial charge in [0.15, 0.2) is 0 Å². The van der Waals surface area contributed by atoms with Crippen molar-refractivity contribution in [2.75, 3.05) is 6.54 Å². The van der Waals surface area contributed by atoms with Gasteiger partial charge in [0.05, 0.1) is 0 Å². The van der Waals surface area contributed by atoms with Gasteiger partial charge in [-0.3, -0.25) is 0 Å². The highest BCUT2D eigenvalue weighted by molar-refractivity contribution is 5.48. The second kappa shape index (κ2) is 6.33. The molecule has 0 heterocycles. The van der Waals surface area contributed by atoms with Crippen LogP contribution in [-0.2, 0) is 5.41 Å². The van der Waals surface area contributed by atoms with Gasteiger partial charge in [-0.2, -0.15) is 0 Å². The molecule has 1 aliphatic rings. The summed E-state index contributed by atoms with van der Waals surface area (Å²) in [5.41, 5.74) is 3.21. The lowest BCUT2D eigenvalue weighted by Gasteiger charge is -2.19. The van der Waals surface area contributed by atoms with Crippen LogP contribution in [0.3, 0.4) is 0 Å². The lowest BCUT2D eigenvalue weighted by molar-refractivity contribution is 0.449. The van der Waals surface area contributed by atoms with E-state index in [1.54, 1.807) is 0 Å². The number of allylic oxidation sites excluding steroid dienone is 1. The normalized spacial score (nSPS) is 19.9. The second-order valence-corrected chi connectivity index (χ2v) is 7.57. The molecule has 0 aromatic heterocycles. The van der Waals surface area contributed by atoms with Crippen LogP contribution < -0.4 is 5.32 Å². The Labute approximate surface area is 140 Å². The summed E-state index contributed by atoms with van der Waals surface area (Å²) >= 11 is 0. The summed E-state index contributed by atoms with van der Waals surface area (Å²) in [5.74, 6) is 0.592. The van der Waals surface area contributed by atoms with Crippen LogP contribution >= 0.6 is 0 Å². The Hall–Kier alpha value is -1.86. The van der Waals surface area contributed by atoms with E-state index in [0.717, 1.165) is 6.54 Å². The fourth-order valence-electron chi connectivity index (χ4n) is 3.42. The minimum absolute atomic E-state index is 0.167. The van der Waals surface area contributed by atoms with Gasteiger partial charge >= 0.3 is 0 Å². The maximum absolute atomic E-state index is 3.53. The number of benzene rings is 2. The first kappa shape index (κ1) is 16.0. The fraction of sp³-hybridized carbons (Fsp3) is 0.364. The third kappa shape index (κ3) is 3.56. The van der Waals surface area contributed by atoms with Gasteiger partial charge < -0.3 is 5.32 Å². The third-order valence-corrected chi connectivity index (χ3v) is 4.71. The number of hydrogen-bond donors (Lipinski definition) is 1. The SMILES string of the molecule is CC(C)(C)NC/C=C/C1CC1(c1ccccc1)c1ccccc1. The summed E-state index contributed by atoms with van der Waals surface area (Å²) in [7, 11) is 0. The summed E-state index contributed by atoms with van der Waals surface area (Å²) in [4.78, 5) is 0. The van der Waals surface area contributed by atoms with Crippen LogP contribution in [0.5, 0.6) is 0 Å². The zero-order chi connectivity index (χ0) is 16.3. The van der Waals surface area contributed by atoms with Crippen molar-refractivity contribution in [3.05, 3.63) is 83.9 Å². The van der Waals surface area contributed by atoms with E-state index in [0.29, 0.717) is 5.92 Å². The molecule has 2 aromatic rings. The number of rotatable bonds is 5. The van der Waals surface area contributed by atoms with Crippen LogP contribution in [0.4, 0.5) is 0 Å². The highest BCUT2D eigenvalue weighted by Crippen LogP contribution is 2.59. The van der Waals surface area contributed by atoms with Crippen LogP contribution in [0.2, 0.25) is 0 Å². The average molecular weight is 305 g/mol. The van der Waals surface area contributed by atoms with E-state index in [-0.39, 0.29) is 11.0 Å². The van der Waals surface area contributed by atoms with Gasteiger partial charge in [-0.25, -0.2) is 0 Å². The molecule has 3 rings (SSSR count). The molecule has 0 saturated heterocycles. The highest BCUT2D eigenvalue weighted by Gasteiger charge is 2.54. The van der Waals surface area contributed by atoms with Crippen molar-refractivity contribution in [3.63, 3.8) is 0 Å². The predicted molar refractivity (Wildman–Crippen MR) is 98.7 cm³/mol. The van der Waals surface area contributed by atoms with Gasteiger partial charge in [0, 0.05) is 17.5 Å². The standard InChI is InChI=1S/C22H27N/c1-21(2,3)23-16-10-15-20-17-22(20,18-11-6-4-7-12-18)19-13-8-5-9-14-19/h4-15,20,23H,16-17H2,1-3H3/b15-10+. The van der Waals surface area contributed by atoms with E-state index in [4.69, 9.17) is 0 Å². The first-order chi connectivity index (χ1) is 11.0. The number of hydrogen-bond acceptors (Lipinski definition) is 1. The first-order valence-corrected chi connectivity index (χ1v) is 8.55. The highest BCUT2D eigenvalue weighted by atomic mass is 14.9. The van der Waals surface area contributed by atoms with Crippen LogP contribution in [0.25, 0.3) is 0 Å². The smallest absolute Gasteiger partial charge is 0.0271 e. The molecule has 1 unspecified atom stereocenters. The van der Waals surface area contributed by atoms with Gasteiger partial charge in [0.1, 0.15) is 0 Å². The average Bonchev–Trinajstić information content (AvgIpc) is 3.28. The monoisotopic (exact) mass is 305 g/mol. The van der Waals surface area contributed by atoms with Gasteiger partial charge in [0.2, 0.25) is 0 Å². The molecule has 0 aliphatic heterocycles. The third-order valence-electron chi connectivity index (χ3n) is 4.71. The molecule has 0 amide bonds. The van der Waals surface area contributed by atoms with Crippen LogP contribution in [-0.4, -0.2) is 12.1 Å². The van der Waals surface area contributed by atoms with Crippen molar-refractivity contribution in [2.45, 2.75) is 38.1 Å². The zero-order valence-electron chi connectivity index (χ0n) is 14.4. The van der Waals surface area contributed by atoms with Gasteiger partial charge in [-0.1, -0.05) is 72.8 Å². The van der Waals surface area contributed by atoms with E-state index < -0.39 is 0 Å². The van der Waals surface area contributed by atoms with Crippen LogP contribution in [0.15, 0.2) is 72.8 Å². The minimum Gasteiger partial charge on any atom is -0.309 e. The van der Waals surface area contributed by atoms with E-state index in [1.807, 2.05) is 0 Å². The van der Waals surface area contributed by atoms with Crippen molar-refractivity contribution in [3.8, 4) is 0 Å². The Morgan fingerprint density at radius 3 is 1.96 bits per heavy atom. The zero-order valence-corrected chi connectivity index (χ0v) is 14.4. The topological polar surface area (TPSA) is 12.0 Å². The molecule has 0 bridgehead atoms. The molecule has 1 heteroatoms. The molecule has 1 atom stereocenters. The Bertz CT molecular complexity index is 610. The summed E-state index contributed by atoms with van der Waals surface area (Å²) in [5, 5.41) is 3.53. The molecular weight excluding hydrogens is 278 g/mol. The maximum Gasteiger partial charge on any atom is 0.0271 e. The predicted octanol–water partition coefficient (Wildman–Crippen LogP) is 4.94. The summed E-state index contributed by atoms with van der Waals surface area (Å²) in [6.45, 7) is 7.54. The largest absolute Gasteiger partial charge is 0.309 e. The van der Waals surface area contributed by atoms with Crippen LogP contribution in [0.1, 0.15) is 38.3 Å². The van der Waals surface area contributed by atoms with Crippen molar-refractivity contribution < 1.29 is 0 Å². The number of nitrogens with one attached hydrogen (secondary N) is 1. The van der Waals surface area contributed by atoms with Gasteiger partial charge in [-0.05, 0) is 44.2 Å². The van der Waals surface area contributed by atoms with E-state index in [1.165, 1.54) is 17.5 Å². The van der Waals surface area contributed by atoms with E-state index in [2.05, 4.69) is 98.9 Å².